The first-order chi connectivity index (χ1) is 7.94. The summed E-state index contributed by atoms with van der Waals surface area (Å²) < 4.78 is 0. The molecule has 0 amide bonds. The third kappa shape index (κ3) is 5.21. The number of hydrogen-bond acceptors (Lipinski definition) is 2. The lowest BCUT2D eigenvalue weighted by molar-refractivity contribution is 0.448. The van der Waals surface area contributed by atoms with Gasteiger partial charge in [0.2, 0.25) is 0 Å². The average molecular weight is 288 g/mol. The molecule has 1 aromatic carbocycles. The highest BCUT2D eigenvalue weighted by Crippen LogP contribution is 2.31. The number of thioether (sulfide) groups is 1. The minimum atomic E-state index is -0.237. The standard InChI is InChI=1S/C13H15Cl2NS/c1-13(2,9-16)6-3-7-17-12-8-10(14)4-5-11(12)15/h4-5,8H,3,6-7H2,1-2H3. The van der Waals surface area contributed by atoms with Crippen LogP contribution in [0.1, 0.15) is 26.7 Å². The number of nitriles is 1. The van der Waals surface area contributed by atoms with Crippen molar-refractivity contribution in [3.05, 3.63) is 28.2 Å². The van der Waals surface area contributed by atoms with Crippen LogP contribution in [0.2, 0.25) is 10.0 Å². The SMILES string of the molecule is CC(C)(C#N)CCCSc1cc(Cl)ccc1Cl. The van der Waals surface area contributed by atoms with E-state index >= 15 is 0 Å². The van der Waals surface area contributed by atoms with Gasteiger partial charge in [0.05, 0.1) is 16.5 Å². The second-order valence-corrected chi connectivity index (χ2v) is 6.50. The fourth-order valence-electron chi connectivity index (χ4n) is 1.34. The van der Waals surface area contributed by atoms with Gasteiger partial charge in [-0.05, 0) is 50.6 Å². The summed E-state index contributed by atoms with van der Waals surface area (Å²) in [7, 11) is 0. The van der Waals surface area contributed by atoms with Gasteiger partial charge < -0.3 is 0 Å². The molecule has 0 atom stereocenters. The van der Waals surface area contributed by atoms with Crippen LogP contribution in [-0.2, 0) is 0 Å². The maximum Gasteiger partial charge on any atom is 0.0683 e. The second-order valence-electron chi connectivity index (χ2n) is 4.52. The molecular weight excluding hydrogens is 273 g/mol. The van der Waals surface area contributed by atoms with Crippen molar-refractivity contribution in [2.75, 3.05) is 5.75 Å². The topological polar surface area (TPSA) is 23.8 Å². The van der Waals surface area contributed by atoms with Crippen molar-refractivity contribution < 1.29 is 0 Å². The molecule has 92 valence electrons. The number of hydrogen-bond donors (Lipinski definition) is 0. The first-order valence-electron chi connectivity index (χ1n) is 5.44. The predicted molar refractivity (Wildman–Crippen MR) is 75.8 cm³/mol. The van der Waals surface area contributed by atoms with Crippen LogP contribution in [0.5, 0.6) is 0 Å². The highest BCUT2D eigenvalue weighted by molar-refractivity contribution is 7.99. The van der Waals surface area contributed by atoms with E-state index < -0.39 is 0 Å². The maximum atomic E-state index is 8.90. The minimum Gasteiger partial charge on any atom is -0.198 e. The zero-order chi connectivity index (χ0) is 12.9. The molecule has 0 saturated carbocycles. The van der Waals surface area contributed by atoms with Crippen LogP contribution in [0.4, 0.5) is 0 Å². The van der Waals surface area contributed by atoms with Crippen molar-refractivity contribution in [2.24, 2.45) is 5.41 Å². The third-order valence-electron chi connectivity index (χ3n) is 2.40. The van der Waals surface area contributed by atoms with E-state index in [0.29, 0.717) is 5.02 Å². The summed E-state index contributed by atoms with van der Waals surface area (Å²) in [6.07, 6.45) is 1.89. The molecule has 0 radical (unpaired) electrons. The lowest BCUT2D eigenvalue weighted by Crippen LogP contribution is -2.07. The molecule has 0 bridgehead atoms. The van der Waals surface area contributed by atoms with Crippen LogP contribution >= 0.6 is 35.0 Å². The molecule has 0 aliphatic heterocycles. The molecule has 0 saturated heterocycles. The lowest BCUT2D eigenvalue weighted by atomic mass is 9.90. The monoisotopic (exact) mass is 287 g/mol. The number of benzene rings is 1. The summed E-state index contributed by atoms with van der Waals surface area (Å²) in [5, 5.41) is 10.3. The molecule has 0 N–H and O–H groups in total. The van der Waals surface area contributed by atoms with Crippen molar-refractivity contribution in [1.82, 2.24) is 0 Å². The minimum absolute atomic E-state index is 0.237. The largest absolute Gasteiger partial charge is 0.198 e. The van der Waals surface area contributed by atoms with Crippen LogP contribution in [-0.4, -0.2) is 5.75 Å². The molecule has 0 aliphatic rings. The first kappa shape index (κ1) is 14.7. The van der Waals surface area contributed by atoms with Gasteiger partial charge in [0, 0.05) is 9.92 Å². The molecule has 1 aromatic rings. The highest BCUT2D eigenvalue weighted by Gasteiger charge is 2.15. The molecule has 0 aromatic heterocycles. The first-order valence-corrected chi connectivity index (χ1v) is 7.18. The van der Waals surface area contributed by atoms with Gasteiger partial charge in [-0.1, -0.05) is 23.2 Å². The molecule has 0 heterocycles. The summed E-state index contributed by atoms with van der Waals surface area (Å²) in [4.78, 5) is 1.01. The van der Waals surface area contributed by atoms with Crippen molar-refractivity contribution in [3.63, 3.8) is 0 Å². The Morgan fingerprint density at radius 3 is 2.71 bits per heavy atom. The Bertz CT molecular complexity index is 424. The Kier molecular flexibility index (Phi) is 5.66. The van der Waals surface area contributed by atoms with Crippen LogP contribution in [0.15, 0.2) is 23.1 Å². The van der Waals surface area contributed by atoms with Gasteiger partial charge >= 0.3 is 0 Å². The van der Waals surface area contributed by atoms with Crippen molar-refractivity contribution >= 4 is 35.0 Å². The molecular formula is C13H15Cl2NS. The van der Waals surface area contributed by atoms with Gasteiger partial charge in [-0.25, -0.2) is 0 Å². The highest BCUT2D eigenvalue weighted by atomic mass is 35.5. The lowest BCUT2D eigenvalue weighted by Gasteiger charge is -2.14. The quantitative estimate of drug-likeness (QED) is 0.534. The normalized spacial score (nSPS) is 11.2. The fourth-order valence-corrected chi connectivity index (χ4v) is 2.78. The van der Waals surface area contributed by atoms with E-state index in [1.54, 1.807) is 17.8 Å². The van der Waals surface area contributed by atoms with Crippen LogP contribution < -0.4 is 0 Å². The van der Waals surface area contributed by atoms with Gasteiger partial charge in [-0.2, -0.15) is 5.26 Å². The van der Waals surface area contributed by atoms with E-state index in [2.05, 4.69) is 6.07 Å². The molecule has 0 spiro atoms. The number of nitrogens with zero attached hydrogens (tertiary/aromatic N) is 1. The van der Waals surface area contributed by atoms with E-state index in [9.17, 15) is 0 Å². The second kappa shape index (κ2) is 6.54. The van der Waals surface area contributed by atoms with E-state index in [1.165, 1.54) is 0 Å². The van der Waals surface area contributed by atoms with Gasteiger partial charge in [-0.3, -0.25) is 0 Å². The fraction of sp³-hybridized carbons (Fsp3) is 0.462. The zero-order valence-electron chi connectivity index (χ0n) is 9.96. The summed E-state index contributed by atoms with van der Waals surface area (Å²) >= 11 is 13.7. The average Bonchev–Trinajstić information content (AvgIpc) is 2.29. The summed E-state index contributed by atoms with van der Waals surface area (Å²) in [5.41, 5.74) is -0.237. The van der Waals surface area contributed by atoms with E-state index in [0.717, 1.165) is 28.5 Å². The molecule has 0 fully saturated rings. The number of rotatable bonds is 5. The number of halogens is 2. The van der Waals surface area contributed by atoms with E-state index in [4.69, 9.17) is 28.5 Å². The van der Waals surface area contributed by atoms with Crippen LogP contribution in [0.25, 0.3) is 0 Å². The van der Waals surface area contributed by atoms with Crippen molar-refractivity contribution in [1.29, 1.82) is 5.26 Å². The van der Waals surface area contributed by atoms with Gasteiger partial charge in [0.15, 0.2) is 0 Å². The molecule has 0 aliphatic carbocycles. The van der Waals surface area contributed by atoms with Crippen molar-refractivity contribution in [3.8, 4) is 6.07 Å². The van der Waals surface area contributed by atoms with E-state index in [1.807, 2.05) is 26.0 Å². The molecule has 4 heteroatoms. The molecule has 1 rings (SSSR count). The zero-order valence-corrected chi connectivity index (χ0v) is 12.3. The molecule has 17 heavy (non-hydrogen) atoms. The Morgan fingerprint density at radius 1 is 1.35 bits per heavy atom. The Morgan fingerprint density at radius 2 is 2.06 bits per heavy atom. The smallest absolute Gasteiger partial charge is 0.0683 e. The van der Waals surface area contributed by atoms with Gasteiger partial charge in [0.25, 0.3) is 0 Å². The van der Waals surface area contributed by atoms with Gasteiger partial charge in [0.1, 0.15) is 0 Å². The molecule has 1 nitrogen and oxygen atoms in total. The van der Waals surface area contributed by atoms with Crippen molar-refractivity contribution in [2.45, 2.75) is 31.6 Å². The Balaban J connectivity index is 2.42. The summed E-state index contributed by atoms with van der Waals surface area (Å²) in [6.45, 7) is 3.92. The maximum absolute atomic E-state index is 8.90. The summed E-state index contributed by atoms with van der Waals surface area (Å²) in [5.74, 6) is 0.950. The third-order valence-corrected chi connectivity index (χ3v) is 4.22. The van der Waals surface area contributed by atoms with Crippen LogP contribution in [0, 0.1) is 16.7 Å². The van der Waals surface area contributed by atoms with Crippen LogP contribution in [0.3, 0.4) is 0 Å². The van der Waals surface area contributed by atoms with Gasteiger partial charge in [-0.15, -0.1) is 11.8 Å². The Labute approximate surface area is 117 Å². The Hall–Kier alpha value is -0.360. The molecule has 0 unspecified atom stereocenters. The predicted octanol–water partition coefficient (Wildman–Crippen LogP) is 5.42. The van der Waals surface area contributed by atoms with E-state index in [-0.39, 0.29) is 5.41 Å². The summed E-state index contributed by atoms with van der Waals surface area (Å²) in [6, 6.07) is 7.78.